The molecule has 3 atom stereocenters. The molecule has 4 heterocycles. The fourth-order valence-corrected chi connectivity index (χ4v) is 6.52. The Balaban J connectivity index is 1.40. The first-order chi connectivity index (χ1) is 15.9. The summed E-state index contributed by atoms with van der Waals surface area (Å²) in [5.74, 6) is 1.04. The van der Waals surface area contributed by atoms with Crippen LogP contribution >= 0.6 is 23.2 Å². The molecule has 1 aromatic rings. The number of hydrogen-bond acceptors (Lipinski definition) is 5. The lowest BCUT2D eigenvalue weighted by Crippen LogP contribution is -2.75. The Labute approximate surface area is 207 Å². The average Bonchev–Trinajstić information content (AvgIpc) is 3.27. The van der Waals surface area contributed by atoms with Gasteiger partial charge in [-0.05, 0) is 50.6 Å². The number of fused-ring (bicyclic) bond motifs is 1. The minimum absolute atomic E-state index is 0.167. The van der Waals surface area contributed by atoms with Gasteiger partial charge in [0.15, 0.2) is 0 Å². The van der Waals surface area contributed by atoms with E-state index in [1.54, 1.807) is 6.07 Å². The van der Waals surface area contributed by atoms with Crippen LogP contribution in [0.2, 0.25) is 10.0 Å². The van der Waals surface area contributed by atoms with Crippen molar-refractivity contribution in [2.45, 2.75) is 37.8 Å². The summed E-state index contributed by atoms with van der Waals surface area (Å²) in [5.41, 5.74) is 0.642. The number of benzene rings is 1. The third kappa shape index (κ3) is 4.80. The second-order valence-electron chi connectivity index (χ2n) is 10.4. The van der Waals surface area contributed by atoms with Gasteiger partial charge in [-0.3, -0.25) is 9.69 Å². The molecule has 0 saturated carbocycles. The van der Waals surface area contributed by atoms with E-state index in [1.165, 1.54) is 12.8 Å². The monoisotopic (exact) mass is 495 g/mol. The second-order valence-corrected chi connectivity index (χ2v) is 11.2. The number of carbonyl (C=O) groups excluding carboxylic acids is 1. The third-order valence-corrected chi connectivity index (χ3v) is 8.99. The summed E-state index contributed by atoms with van der Waals surface area (Å²) in [6, 6.07) is 5.70. The van der Waals surface area contributed by atoms with Crippen LogP contribution in [0.3, 0.4) is 0 Å². The Bertz CT molecular complexity index is 861. The Kier molecular flexibility index (Phi) is 7.22. The number of rotatable bonds is 6. The van der Waals surface area contributed by atoms with E-state index in [4.69, 9.17) is 32.7 Å². The SMILES string of the molecule is CC12C(CN3CCCC3)COCC1N(CC1COC1)CCN2C(=O)Cc1ccc(Cl)c(Cl)c1. The van der Waals surface area contributed by atoms with Crippen LogP contribution in [-0.2, 0) is 20.7 Å². The van der Waals surface area contributed by atoms with Gasteiger partial charge >= 0.3 is 0 Å². The van der Waals surface area contributed by atoms with Gasteiger partial charge in [0.05, 0.1) is 54.5 Å². The van der Waals surface area contributed by atoms with E-state index in [9.17, 15) is 4.79 Å². The molecule has 4 aliphatic heterocycles. The molecule has 182 valence electrons. The lowest BCUT2D eigenvalue weighted by molar-refractivity contribution is -0.180. The first-order valence-corrected chi connectivity index (χ1v) is 13.1. The highest BCUT2D eigenvalue weighted by molar-refractivity contribution is 6.42. The van der Waals surface area contributed by atoms with Crippen molar-refractivity contribution in [3.05, 3.63) is 33.8 Å². The van der Waals surface area contributed by atoms with Crippen molar-refractivity contribution in [3.8, 4) is 0 Å². The van der Waals surface area contributed by atoms with Gasteiger partial charge in [0.25, 0.3) is 0 Å². The van der Waals surface area contributed by atoms with Crippen molar-refractivity contribution in [2.24, 2.45) is 11.8 Å². The molecule has 1 amide bonds. The van der Waals surface area contributed by atoms with E-state index >= 15 is 0 Å². The standard InChI is InChI=1S/C25H35Cl2N3O3/c1-25-20(13-28-6-2-3-7-28)16-33-17-23(25)29(12-19-14-32-15-19)8-9-30(25)24(31)11-18-4-5-21(26)22(27)10-18/h4-5,10,19-20,23H,2-3,6-9,11-17H2,1H3. The normalized spacial score (nSPS) is 31.4. The van der Waals surface area contributed by atoms with Crippen LogP contribution < -0.4 is 0 Å². The van der Waals surface area contributed by atoms with Gasteiger partial charge in [-0.15, -0.1) is 0 Å². The molecule has 33 heavy (non-hydrogen) atoms. The number of amides is 1. The highest BCUT2D eigenvalue weighted by Gasteiger charge is 2.55. The van der Waals surface area contributed by atoms with Crippen LogP contribution in [0, 0.1) is 11.8 Å². The fourth-order valence-electron chi connectivity index (χ4n) is 6.20. The van der Waals surface area contributed by atoms with Crippen molar-refractivity contribution >= 4 is 29.1 Å². The minimum Gasteiger partial charge on any atom is -0.381 e. The van der Waals surface area contributed by atoms with Gasteiger partial charge in [0.2, 0.25) is 5.91 Å². The highest BCUT2D eigenvalue weighted by atomic mass is 35.5. The van der Waals surface area contributed by atoms with E-state index < -0.39 is 0 Å². The molecule has 0 aliphatic carbocycles. The maximum Gasteiger partial charge on any atom is 0.227 e. The van der Waals surface area contributed by atoms with Gasteiger partial charge < -0.3 is 19.3 Å². The van der Waals surface area contributed by atoms with Crippen LogP contribution in [0.25, 0.3) is 0 Å². The molecule has 4 fully saturated rings. The van der Waals surface area contributed by atoms with Crippen molar-refractivity contribution < 1.29 is 14.3 Å². The topological polar surface area (TPSA) is 45.2 Å². The molecule has 1 aromatic carbocycles. The molecule has 4 aliphatic rings. The largest absolute Gasteiger partial charge is 0.381 e. The molecule has 0 bridgehead atoms. The first-order valence-electron chi connectivity index (χ1n) is 12.3. The summed E-state index contributed by atoms with van der Waals surface area (Å²) in [5, 5.41) is 1.01. The molecule has 3 unspecified atom stereocenters. The number of likely N-dealkylation sites (tertiary alicyclic amines) is 1. The van der Waals surface area contributed by atoms with Crippen molar-refractivity contribution in [3.63, 3.8) is 0 Å². The maximum atomic E-state index is 13.8. The molecule has 0 aromatic heterocycles. The van der Waals surface area contributed by atoms with Crippen LogP contribution in [0.4, 0.5) is 0 Å². The zero-order valence-corrected chi connectivity index (χ0v) is 21.0. The predicted octanol–water partition coefficient (Wildman–Crippen LogP) is 3.20. The predicted molar refractivity (Wildman–Crippen MR) is 130 cm³/mol. The molecule has 0 spiro atoms. The summed E-state index contributed by atoms with van der Waals surface area (Å²) < 4.78 is 11.6. The average molecular weight is 496 g/mol. The smallest absolute Gasteiger partial charge is 0.227 e. The number of ether oxygens (including phenoxy) is 2. The molecular weight excluding hydrogens is 461 g/mol. The van der Waals surface area contributed by atoms with Crippen LogP contribution in [0.15, 0.2) is 18.2 Å². The van der Waals surface area contributed by atoms with Gasteiger partial charge in [0.1, 0.15) is 0 Å². The molecule has 6 nitrogen and oxygen atoms in total. The Morgan fingerprint density at radius 2 is 1.76 bits per heavy atom. The summed E-state index contributed by atoms with van der Waals surface area (Å²) in [7, 11) is 0. The van der Waals surface area contributed by atoms with Crippen LogP contribution in [0.1, 0.15) is 25.3 Å². The van der Waals surface area contributed by atoms with Gasteiger partial charge in [-0.25, -0.2) is 0 Å². The fraction of sp³-hybridized carbons (Fsp3) is 0.720. The summed E-state index contributed by atoms with van der Waals surface area (Å²) in [6.07, 6.45) is 2.87. The number of halogens is 2. The van der Waals surface area contributed by atoms with Crippen LogP contribution in [-0.4, -0.2) is 97.9 Å². The van der Waals surface area contributed by atoms with E-state index in [2.05, 4.69) is 21.6 Å². The third-order valence-electron chi connectivity index (χ3n) is 8.25. The quantitative estimate of drug-likeness (QED) is 0.606. The molecule has 0 N–H and O–H groups in total. The molecule has 5 rings (SSSR count). The van der Waals surface area contributed by atoms with E-state index in [0.717, 1.165) is 58.0 Å². The Morgan fingerprint density at radius 1 is 1.00 bits per heavy atom. The lowest BCUT2D eigenvalue weighted by Gasteiger charge is -2.60. The van der Waals surface area contributed by atoms with Crippen LogP contribution in [0.5, 0.6) is 0 Å². The summed E-state index contributed by atoms with van der Waals surface area (Å²) in [6.45, 7) is 11.3. The Hall–Kier alpha value is -0.890. The van der Waals surface area contributed by atoms with E-state index in [1.807, 2.05) is 12.1 Å². The zero-order valence-electron chi connectivity index (χ0n) is 19.5. The number of carbonyl (C=O) groups is 1. The summed E-state index contributed by atoms with van der Waals surface area (Å²) in [4.78, 5) is 21.1. The first kappa shape index (κ1) is 23.8. The van der Waals surface area contributed by atoms with Crippen molar-refractivity contribution in [1.29, 1.82) is 0 Å². The second kappa shape index (κ2) is 10.00. The zero-order chi connectivity index (χ0) is 23.0. The molecule has 8 heteroatoms. The highest BCUT2D eigenvalue weighted by Crippen LogP contribution is 2.40. The number of hydrogen-bond donors (Lipinski definition) is 0. The molecular formula is C25H35Cl2N3O3. The van der Waals surface area contributed by atoms with E-state index in [0.29, 0.717) is 35.6 Å². The maximum absolute atomic E-state index is 13.8. The van der Waals surface area contributed by atoms with Crippen molar-refractivity contribution in [1.82, 2.24) is 14.7 Å². The Morgan fingerprint density at radius 3 is 2.45 bits per heavy atom. The number of nitrogens with zero attached hydrogens (tertiary/aromatic N) is 3. The van der Waals surface area contributed by atoms with Gasteiger partial charge in [-0.1, -0.05) is 29.3 Å². The lowest BCUT2D eigenvalue weighted by atomic mass is 9.73. The number of piperazine rings is 1. The van der Waals surface area contributed by atoms with E-state index in [-0.39, 0.29) is 23.4 Å². The molecule has 0 radical (unpaired) electrons. The van der Waals surface area contributed by atoms with Gasteiger partial charge in [-0.2, -0.15) is 0 Å². The summed E-state index contributed by atoms with van der Waals surface area (Å²) >= 11 is 12.3. The molecule has 4 saturated heterocycles. The van der Waals surface area contributed by atoms with Gasteiger partial charge in [0, 0.05) is 38.0 Å². The van der Waals surface area contributed by atoms with Crippen molar-refractivity contribution in [2.75, 3.05) is 65.7 Å². The minimum atomic E-state index is -0.267.